The van der Waals surface area contributed by atoms with E-state index in [2.05, 4.69) is 38.5 Å². The Kier molecular flexibility index (Phi) is 4.29. The molecule has 0 aromatic carbocycles. The fourth-order valence-corrected chi connectivity index (χ4v) is 5.91. The molecule has 0 saturated carbocycles. The summed E-state index contributed by atoms with van der Waals surface area (Å²) in [5.41, 5.74) is 3.85. The predicted octanol–water partition coefficient (Wildman–Crippen LogP) is 4.21. The van der Waals surface area contributed by atoms with Gasteiger partial charge in [-0.05, 0) is 32.4 Å². The zero-order valence-electron chi connectivity index (χ0n) is 16.2. The summed E-state index contributed by atoms with van der Waals surface area (Å²) in [5, 5.41) is 13.0. The number of rotatable bonds is 4. The molecular formula is C20H19N7OS2. The van der Waals surface area contributed by atoms with Crippen molar-refractivity contribution in [1.82, 2.24) is 35.5 Å². The summed E-state index contributed by atoms with van der Waals surface area (Å²) in [6.07, 6.45) is 9.72. The van der Waals surface area contributed by atoms with Crippen molar-refractivity contribution in [3.63, 3.8) is 0 Å². The van der Waals surface area contributed by atoms with Crippen LogP contribution in [0.4, 0.5) is 0 Å². The number of fused-ring (bicyclic) bond motifs is 2. The Morgan fingerprint density at radius 2 is 2.10 bits per heavy atom. The average molecular weight is 438 g/mol. The summed E-state index contributed by atoms with van der Waals surface area (Å²) >= 11 is 3.06. The van der Waals surface area contributed by atoms with Crippen LogP contribution in [0.5, 0.6) is 5.19 Å². The lowest BCUT2D eigenvalue weighted by Crippen LogP contribution is -2.40. The molecule has 0 spiro atoms. The first-order valence-corrected chi connectivity index (χ1v) is 11.5. The highest BCUT2D eigenvalue weighted by molar-refractivity contribution is 7.28. The van der Waals surface area contributed by atoms with E-state index in [1.54, 1.807) is 17.5 Å². The minimum absolute atomic E-state index is 0.219. The molecule has 0 bridgehead atoms. The van der Waals surface area contributed by atoms with Crippen molar-refractivity contribution in [2.75, 3.05) is 6.54 Å². The topological polar surface area (TPSA) is 104 Å². The molecule has 1 aliphatic rings. The van der Waals surface area contributed by atoms with Gasteiger partial charge in [-0.2, -0.15) is 10.1 Å². The second-order valence-corrected chi connectivity index (χ2v) is 9.42. The Bertz CT molecular complexity index is 1290. The lowest BCUT2D eigenvalue weighted by Gasteiger charge is -2.27. The van der Waals surface area contributed by atoms with Crippen LogP contribution in [0, 0.1) is 0 Å². The average Bonchev–Trinajstić information content (AvgIpc) is 3.50. The first-order chi connectivity index (χ1) is 14.7. The molecule has 8 nitrogen and oxygen atoms in total. The number of aromatic nitrogens is 6. The molecular weight excluding hydrogens is 418 g/mol. The minimum atomic E-state index is 0.219. The van der Waals surface area contributed by atoms with E-state index in [0.717, 1.165) is 61.8 Å². The van der Waals surface area contributed by atoms with Crippen LogP contribution in [0.25, 0.3) is 42.4 Å². The largest absolute Gasteiger partial charge is 0.467 e. The number of H-pyrrole nitrogens is 2. The number of pyridine rings is 1. The van der Waals surface area contributed by atoms with Crippen molar-refractivity contribution in [3.05, 3.63) is 30.9 Å². The van der Waals surface area contributed by atoms with Crippen molar-refractivity contribution >= 4 is 43.2 Å². The Labute approximate surface area is 179 Å². The Morgan fingerprint density at radius 3 is 2.93 bits per heavy atom. The third-order valence-corrected chi connectivity index (χ3v) is 7.33. The minimum Gasteiger partial charge on any atom is -0.467 e. The highest BCUT2D eigenvalue weighted by Gasteiger charge is 2.22. The SMILES string of the molecule is C[C@H]1C[C@H](Oc2nc3sc(-c4ncc(-c5cn[nH]c5)c5cc[nH]c45)nc3s2)CCN1. The number of aromatic amines is 2. The number of nitrogens with one attached hydrogen (secondary N) is 3. The lowest BCUT2D eigenvalue weighted by atomic mass is 10.0. The van der Waals surface area contributed by atoms with Gasteiger partial charge in [0.25, 0.3) is 5.19 Å². The molecule has 5 aromatic rings. The molecule has 5 aromatic heterocycles. The lowest BCUT2D eigenvalue weighted by molar-refractivity contribution is 0.144. The number of piperidine rings is 1. The highest BCUT2D eigenvalue weighted by atomic mass is 32.1. The maximum Gasteiger partial charge on any atom is 0.276 e. The van der Waals surface area contributed by atoms with Crippen molar-refractivity contribution in [3.8, 4) is 27.0 Å². The Balaban J connectivity index is 1.33. The van der Waals surface area contributed by atoms with Gasteiger partial charge in [0.15, 0.2) is 9.66 Å². The predicted molar refractivity (Wildman–Crippen MR) is 119 cm³/mol. The molecule has 6 heterocycles. The Hall–Kier alpha value is -2.82. The van der Waals surface area contributed by atoms with Crippen molar-refractivity contribution in [2.24, 2.45) is 0 Å². The van der Waals surface area contributed by atoms with Crippen LogP contribution in [0.15, 0.2) is 30.9 Å². The van der Waals surface area contributed by atoms with Gasteiger partial charge in [-0.1, -0.05) is 22.7 Å². The first-order valence-electron chi connectivity index (χ1n) is 9.87. The highest BCUT2D eigenvalue weighted by Crippen LogP contribution is 2.39. The van der Waals surface area contributed by atoms with Gasteiger partial charge in [-0.25, -0.2) is 4.98 Å². The van der Waals surface area contributed by atoms with Gasteiger partial charge >= 0.3 is 0 Å². The molecule has 0 aliphatic carbocycles. The summed E-state index contributed by atoms with van der Waals surface area (Å²) in [4.78, 5) is 19.3. The molecule has 3 N–H and O–H groups in total. The number of hydrogen-bond donors (Lipinski definition) is 3. The summed E-state index contributed by atoms with van der Waals surface area (Å²) in [6.45, 7) is 3.18. The second kappa shape index (κ2) is 7.15. The summed E-state index contributed by atoms with van der Waals surface area (Å²) < 4.78 is 6.13. The van der Waals surface area contributed by atoms with Crippen molar-refractivity contribution in [1.29, 1.82) is 0 Å². The molecule has 152 valence electrons. The second-order valence-electron chi connectivity index (χ2n) is 7.50. The normalized spacial score (nSPS) is 19.6. The molecule has 1 fully saturated rings. The van der Waals surface area contributed by atoms with Gasteiger partial charge < -0.3 is 15.0 Å². The maximum absolute atomic E-state index is 6.13. The summed E-state index contributed by atoms with van der Waals surface area (Å²) in [6, 6.07) is 2.54. The summed E-state index contributed by atoms with van der Waals surface area (Å²) in [5.74, 6) is 0. The molecule has 10 heteroatoms. The molecule has 30 heavy (non-hydrogen) atoms. The van der Waals surface area contributed by atoms with Gasteiger partial charge in [0.2, 0.25) is 0 Å². The third kappa shape index (κ3) is 3.08. The fraction of sp³-hybridized carbons (Fsp3) is 0.300. The van der Waals surface area contributed by atoms with Crippen molar-refractivity contribution in [2.45, 2.75) is 31.9 Å². The zero-order chi connectivity index (χ0) is 20.1. The van der Waals surface area contributed by atoms with Crippen LogP contribution < -0.4 is 10.1 Å². The van der Waals surface area contributed by atoms with E-state index in [1.807, 2.05) is 18.6 Å². The van der Waals surface area contributed by atoms with Crippen LogP contribution in [0.3, 0.4) is 0 Å². The maximum atomic E-state index is 6.13. The zero-order valence-corrected chi connectivity index (χ0v) is 17.8. The quantitative estimate of drug-likeness (QED) is 0.389. The van der Waals surface area contributed by atoms with Crippen LogP contribution in [-0.2, 0) is 0 Å². The molecule has 0 unspecified atom stereocenters. The van der Waals surface area contributed by atoms with Crippen LogP contribution >= 0.6 is 22.7 Å². The Morgan fingerprint density at radius 1 is 1.17 bits per heavy atom. The van der Waals surface area contributed by atoms with E-state index in [9.17, 15) is 0 Å². The van der Waals surface area contributed by atoms with E-state index < -0.39 is 0 Å². The molecule has 1 aliphatic heterocycles. The van der Waals surface area contributed by atoms with E-state index in [-0.39, 0.29) is 6.10 Å². The van der Waals surface area contributed by atoms with Crippen molar-refractivity contribution < 1.29 is 4.74 Å². The summed E-state index contributed by atoms with van der Waals surface area (Å²) in [7, 11) is 0. The number of ether oxygens (including phenoxy) is 1. The number of nitrogens with zero attached hydrogens (tertiary/aromatic N) is 4. The van der Waals surface area contributed by atoms with E-state index in [4.69, 9.17) is 14.7 Å². The first kappa shape index (κ1) is 18.0. The smallest absolute Gasteiger partial charge is 0.276 e. The number of hydrogen-bond acceptors (Lipinski definition) is 8. The molecule has 0 amide bonds. The monoisotopic (exact) mass is 437 g/mol. The van der Waals surface area contributed by atoms with Gasteiger partial charge in [0, 0.05) is 41.1 Å². The molecule has 0 radical (unpaired) electrons. The fourth-order valence-electron chi connectivity index (χ4n) is 3.95. The molecule has 1 saturated heterocycles. The van der Waals surface area contributed by atoms with Gasteiger partial charge in [0.1, 0.15) is 16.8 Å². The van der Waals surface area contributed by atoms with Gasteiger partial charge in [-0.15, -0.1) is 0 Å². The van der Waals surface area contributed by atoms with Gasteiger partial charge in [-0.3, -0.25) is 10.1 Å². The van der Waals surface area contributed by atoms with Crippen LogP contribution in [-0.4, -0.2) is 48.8 Å². The standard InChI is InChI=1S/C20H19N7OS2/c1-10-6-12(2-4-21-10)28-20-27-19-18(30-20)26-17(29-19)16-15-13(3-5-22-15)14(9-23-16)11-7-24-25-8-11/h3,5,7-10,12,21-22H,2,4,6H2,1H3,(H,24,25)/t10-,12+/m0/s1. The van der Waals surface area contributed by atoms with Crippen LogP contribution in [0.1, 0.15) is 19.8 Å². The van der Waals surface area contributed by atoms with Crippen LogP contribution in [0.2, 0.25) is 0 Å². The molecule has 2 atom stereocenters. The molecule has 6 rings (SSSR count). The number of thiazole rings is 2. The van der Waals surface area contributed by atoms with E-state index in [0.29, 0.717) is 11.2 Å². The third-order valence-electron chi connectivity index (χ3n) is 5.41. The van der Waals surface area contributed by atoms with E-state index in [1.165, 1.54) is 11.3 Å². The van der Waals surface area contributed by atoms with Gasteiger partial charge in [0.05, 0.1) is 11.7 Å². The van der Waals surface area contributed by atoms with E-state index >= 15 is 0 Å².